The minimum Gasteiger partial charge on any atom is -0.486 e. The molecule has 7 rings (SSSR count). The van der Waals surface area contributed by atoms with E-state index in [2.05, 4.69) is 46.7 Å². The Morgan fingerprint density at radius 3 is 2.35 bits per heavy atom. The summed E-state index contributed by atoms with van der Waals surface area (Å²) in [5.41, 5.74) is 5.60. The van der Waals surface area contributed by atoms with Crippen LogP contribution in [0, 0.1) is 31.7 Å². The van der Waals surface area contributed by atoms with E-state index in [1.165, 1.54) is 29.6 Å². The first-order chi connectivity index (χ1) is 25.2. The van der Waals surface area contributed by atoms with Gasteiger partial charge in [0.2, 0.25) is 5.71 Å². The average molecular weight is 835 g/mol. The van der Waals surface area contributed by atoms with Crippen molar-refractivity contribution in [2.24, 2.45) is 0 Å². The second kappa shape index (κ2) is 14.4. The summed E-state index contributed by atoms with van der Waals surface area (Å²) in [5, 5.41) is 2.62. The van der Waals surface area contributed by atoms with Gasteiger partial charge in [0.05, 0.1) is 13.7 Å². The van der Waals surface area contributed by atoms with Gasteiger partial charge in [-0.1, -0.05) is 92.5 Å². The van der Waals surface area contributed by atoms with Crippen LogP contribution in [0.2, 0.25) is 19.6 Å². The van der Waals surface area contributed by atoms with Gasteiger partial charge in [0.25, 0.3) is 0 Å². The van der Waals surface area contributed by atoms with E-state index in [4.69, 9.17) is 14.0 Å². The van der Waals surface area contributed by atoms with Crippen LogP contribution in [-0.2, 0) is 20.1 Å². The minimum absolute atomic E-state index is 0. The number of halogens is 1. The van der Waals surface area contributed by atoms with Gasteiger partial charge in [-0.3, -0.25) is 4.39 Å². The monoisotopic (exact) mass is 835 g/mol. The predicted octanol–water partition coefficient (Wildman–Crippen LogP) is 10.5. The number of furan rings is 1. The van der Waals surface area contributed by atoms with Crippen molar-refractivity contribution in [3.63, 3.8) is 0 Å². The molecule has 0 spiro atoms. The SMILES string of the molecule is [2H]C(C)(C)c1cc(-c2[c-]cc(F)cc2)ncc1[Si](C)(C)C.[2H]C([2H])([2H])c1ccc2c(n1)oc1c(-c3cc(-c4ccccc4)c(C([2H])([2H])[2H])cn3)[c-]ccc12.[Ir]. The third-order valence-electron chi connectivity index (χ3n) is 7.84. The number of aryl methyl sites for hydroxylation is 2. The number of rotatable bonds is 5. The van der Waals surface area contributed by atoms with E-state index in [1.807, 2.05) is 62.5 Å². The van der Waals surface area contributed by atoms with E-state index in [1.54, 1.807) is 24.3 Å². The second-order valence-corrected chi connectivity index (χ2v) is 17.6. The summed E-state index contributed by atoms with van der Waals surface area (Å²) in [6.07, 6.45) is 3.26. The van der Waals surface area contributed by atoms with E-state index in [-0.39, 0.29) is 42.9 Å². The van der Waals surface area contributed by atoms with Crippen molar-refractivity contribution in [3.05, 3.63) is 132 Å². The molecule has 0 saturated heterocycles. The number of hydrogen-bond acceptors (Lipinski definition) is 4. The van der Waals surface area contributed by atoms with Gasteiger partial charge in [-0.2, -0.15) is 0 Å². The van der Waals surface area contributed by atoms with E-state index < -0.39 is 27.7 Å². The fourth-order valence-electron chi connectivity index (χ4n) is 5.44. The van der Waals surface area contributed by atoms with Gasteiger partial charge in [-0.25, -0.2) is 4.98 Å². The Bertz CT molecular complexity index is 2460. The number of hydrogen-bond donors (Lipinski definition) is 0. The normalized spacial score (nSPS) is 14.2. The van der Waals surface area contributed by atoms with Gasteiger partial charge in [0, 0.05) is 59.0 Å². The van der Waals surface area contributed by atoms with Crippen molar-refractivity contribution >= 4 is 35.3 Å². The van der Waals surface area contributed by atoms with Gasteiger partial charge < -0.3 is 14.4 Å². The van der Waals surface area contributed by atoms with Crippen LogP contribution < -0.4 is 5.19 Å². The Morgan fingerprint density at radius 2 is 1.67 bits per heavy atom. The first kappa shape index (κ1) is 26.6. The molecule has 0 bridgehead atoms. The van der Waals surface area contributed by atoms with Crippen LogP contribution in [0.5, 0.6) is 0 Å². The van der Waals surface area contributed by atoms with Crippen molar-refractivity contribution < 1.29 is 38.5 Å². The fraction of sp³-hybridized carbons (Fsp3) is 0.195. The summed E-state index contributed by atoms with van der Waals surface area (Å²) in [5.74, 6) is -0.994. The zero-order chi connectivity index (χ0) is 39.2. The van der Waals surface area contributed by atoms with Crippen molar-refractivity contribution in [2.45, 2.75) is 53.1 Å². The summed E-state index contributed by atoms with van der Waals surface area (Å²) < 4.78 is 74.0. The first-order valence-corrected chi connectivity index (χ1v) is 18.7. The Kier molecular flexibility index (Phi) is 8.02. The van der Waals surface area contributed by atoms with Crippen LogP contribution in [0.25, 0.3) is 55.7 Å². The molecular formula is C41H38FIrN3OSi-2. The summed E-state index contributed by atoms with van der Waals surface area (Å²) >= 11 is 0. The van der Waals surface area contributed by atoms with Gasteiger partial charge in [0.1, 0.15) is 0 Å². The third kappa shape index (κ3) is 7.39. The van der Waals surface area contributed by atoms with Gasteiger partial charge in [-0.05, 0) is 65.0 Å². The molecule has 3 aromatic carbocycles. The number of fused-ring (bicyclic) bond motifs is 3. The van der Waals surface area contributed by atoms with Crippen molar-refractivity contribution in [2.75, 3.05) is 0 Å². The smallest absolute Gasteiger partial charge is 0.216 e. The Hall–Kier alpha value is -4.29. The number of nitrogens with zero attached hydrogens (tertiary/aromatic N) is 3. The molecule has 0 atom stereocenters. The topological polar surface area (TPSA) is 51.8 Å². The number of pyridine rings is 3. The molecule has 0 saturated carbocycles. The van der Waals surface area contributed by atoms with Crippen molar-refractivity contribution in [1.82, 2.24) is 15.0 Å². The van der Waals surface area contributed by atoms with E-state index in [0.29, 0.717) is 27.8 Å². The van der Waals surface area contributed by atoms with Crippen LogP contribution in [0.4, 0.5) is 4.39 Å². The van der Waals surface area contributed by atoms with Crippen LogP contribution in [0.3, 0.4) is 0 Å². The van der Waals surface area contributed by atoms with Crippen LogP contribution >= 0.6 is 0 Å². The van der Waals surface area contributed by atoms with Crippen molar-refractivity contribution in [3.8, 4) is 33.6 Å². The fourth-order valence-corrected chi connectivity index (χ4v) is 7.02. The zero-order valence-electron chi connectivity index (χ0n) is 34.2. The number of benzene rings is 3. The third-order valence-corrected chi connectivity index (χ3v) is 9.86. The maximum Gasteiger partial charge on any atom is 0.216 e. The van der Waals surface area contributed by atoms with Gasteiger partial charge >= 0.3 is 0 Å². The standard InChI is InChI=1S/C24H17N2O.C17H21FNSi.Ir/c1-15-14-25-22(13-21(15)17-7-4-3-5-8-17)20-10-6-9-18-19-12-11-16(2)26-24(19)27-23(18)20;1-12(2)15-10-16(13-6-8-14(18)9-7-13)19-11-17(15)20(3,4)5;/h3-9,11-14H,1-2H3;6,8-12H,1-5H3;/q2*-1;/i1D3,2D3;12D;. The maximum absolute atomic E-state index is 13.0. The Labute approximate surface area is 306 Å². The molecule has 0 aliphatic heterocycles. The molecule has 4 nitrogen and oxygen atoms in total. The molecule has 0 fully saturated rings. The Morgan fingerprint density at radius 1 is 0.875 bits per heavy atom. The molecule has 4 aromatic heterocycles. The average Bonchev–Trinajstić information content (AvgIpc) is 3.49. The molecule has 4 heterocycles. The Balaban J connectivity index is 0.000000229. The number of aromatic nitrogens is 3. The van der Waals surface area contributed by atoms with E-state index in [0.717, 1.165) is 27.8 Å². The molecule has 0 unspecified atom stereocenters. The molecule has 0 aliphatic rings. The second-order valence-electron chi connectivity index (χ2n) is 12.5. The molecular weight excluding hydrogens is 790 g/mol. The van der Waals surface area contributed by atoms with Crippen LogP contribution in [-0.4, -0.2) is 23.0 Å². The van der Waals surface area contributed by atoms with Crippen molar-refractivity contribution in [1.29, 1.82) is 0 Å². The summed E-state index contributed by atoms with van der Waals surface area (Å²) in [6.45, 7) is 5.86. The predicted molar refractivity (Wildman–Crippen MR) is 194 cm³/mol. The quantitative estimate of drug-likeness (QED) is 0.128. The summed E-state index contributed by atoms with van der Waals surface area (Å²) in [6, 6.07) is 30.1. The van der Waals surface area contributed by atoms with E-state index in [9.17, 15) is 4.39 Å². The molecule has 245 valence electrons. The van der Waals surface area contributed by atoms with Crippen LogP contribution in [0.15, 0.2) is 102 Å². The minimum atomic E-state index is -2.35. The molecule has 7 heteroatoms. The summed E-state index contributed by atoms with van der Waals surface area (Å²) in [4.78, 5) is 13.1. The molecule has 48 heavy (non-hydrogen) atoms. The summed E-state index contributed by atoms with van der Waals surface area (Å²) in [7, 11) is -1.57. The molecule has 1 radical (unpaired) electrons. The van der Waals surface area contributed by atoms with Gasteiger partial charge in [-0.15, -0.1) is 48.0 Å². The molecule has 0 amide bonds. The molecule has 7 aromatic rings. The largest absolute Gasteiger partial charge is 0.486 e. The van der Waals surface area contributed by atoms with E-state index >= 15 is 0 Å². The van der Waals surface area contributed by atoms with Gasteiger partial charge in [0.15, 0.2) is 0 Å². The molecule has 0 aliphatic carbocycles. The first-order valence-electron chi connectivity index (χ1n) is 18.7. The van der Waals surface area contributed by atoms with Crippen LogP contribution in [0.1, 0.15) is 46.2 Å². The zero-order valence-corrected chi connectivity index (χ0v) is 30.6. The maximum atomic E-state index is 13.0. The molecule has 0 N–H and O–H groups in total.